The van der Waals surface area contributed by atoms with Crippen LogP contribution in [-0.2, 0) is 0 Å². The highest BCUT2D eigenvalue weighted by atomic mass is 16.1. The van der Waals surface area contributed by atoms with Crippen LogP contribution in [0.25, 0.3) is 5.69 Å². The molecule has 0 aliphatic carbocycles. The van der Waals surface area contributed by atoms with E-state index in [2.05, 4.69) is 48.5 Å². The second kappa shape index (κ2) is 7.34. The third-order valence-corrected chi connectivity index (χ3v) is 4.45. The number of hydrogen-bond acceptors (Lipinski definition) is 2. The van der Waals surface area contributed by atoms with Crippen LogP contribution in [0.15, 0.2) is 60.8 Å². The van der Waals surface area contributed by atoms with Gasteiger partial charge in [-0.1, -0.05) is 55.0 Å². The summed E-state index contributed by atoms with van der Waals surface area (Å²) in [6.45, 7) is 6.05. The third-order valence-electron chi connectivity index (χ3n) is 4.45. The zero-order valence-corrected chi connectivity index (χ0v) is 14.9. The van der Waals surface area contributed by atoms with Gasteiger partial charge in [0.25, 0.3) is 5.91 Å². The number of rotatable bonds is 5. The van der Waals surface area contributed by atoms with Gasteiger partial charge in [0.05, 0.1) is 29.2 Å². The highest BCUT2D eigenvalue weighted by Crippen LogP contribution is 2.19. The van der Waals surface area contributed by atoms with E-state index in [9.17, 15) is 4.79 Å². The number of amides is 1. The lowest BCUT2D eigenvalue weighted by atomic mass is 10.0. The van der Waals surface area contributed by atoms with E-state index in [-0.39, 0.29) is 11.9 Å². The Hall–Kier alpha value is -2.88. The van der Waals surface area contributed by atoms with Gasteiger partial charge in [-0.3, -0.25) is 4.79 Å². The summed E-state index contributed by atoms with van der Waals surface area (Å²) in [4.78, 5) is 12.8. The van der Waals surface area contributed by atoms with Crippen LogP contribution in [0.1, 0.15) is 46.6 Å². The largest absolute Gasteiger partial charge is 0.345 e. The summed E-state index contributed by atoms with van der Waals surface area (Å²) in [5.41, 5.74) is 4.72. The number of carbonyl (C=O) groups is 1. The van der Waals surface area contributed by atoms with Crippen molar-refractivity contribution in [1.82, 2.24) is 15.1 Å². The van der Waals surface area contributed by atoms with Crippen LogP contribution in [0.3, 0.4) is 0 Å². The summed E-state index contributed by atoms with van der Waals surface area (Å²) >= 11 is 0. The lowest BCUT2D eigenvalue weighted by molar-refractivity contribution is 0.0935. The molecule has 0 fully saturated rings. The van der Waals surface area contributed by atoms with Gasteiger partial charge in [-0.2, -0.15) is 5.10 Å². The molecule has 1 N–H and O–H groups in total. The third kappa shape index (κ3) is 3.63. The molecule has 1 atom stereocenters. The van der Waals surface area contributed by atoms with E-state index < -0.39 is 0 Å². The van der Waals surface area contributed by atoms with Crippen molar-refractivity contribution in [3.8, 4) is 5.69 Å². The number of aromatic nitrogens is 2. The van der Waals surface area contributed by atoms with Crippen LogP contribution >= 0.6 is 0 Å². The van der Waals surface area contributed by atoms with Gasteiger partial charge in [-0.15, -0.1) is 0 Å². The van der Waals surface area contributed by atoms with Crippen molar-refractivity contribution < 1.29 is 4.79 Å². The molecule has 1 aromatic heterocycles. The molecule has 1 heterocycles. The van der Waals surface area contributed by atoms with Crippen molar-refractivity contribution in [2.75, 3.05) is 0 Å². The Morgan fingerprint density at radius 1 is 1.08 bits per heavy atom. The van der Waals surface area contributed by atoms with Crippen LogP contribution in [0.2, 0.25) is 0 Å². The first-order valence-electron chi connectivity index (χ1n) is 8.57. The quantitative estimate of drug-likeness (QED) is 0.753. The minimum Gasteiger partial charge on any atom is -0.345 e. The average Bonchev–Trinajstić information content (AvgIpc) is 3.02. The summed E-state index contributed by atoms with van der Waals surface area (Å²) in [7, 11) is 0. The number of aryl methyl sites for hydroxylation is 1. The zero-order valence-electron chi connectivity index (χ0n) is 14.9. The van der Waals surface area contributed by atoms with E-state index in [0.717, 1.165) is 23.4 Å². The van der Waals surface area contributed by atoms with Gasteiger partial charge in [0, 0.05) is 0 Å². The topological polar surface area (TPSA) is 46.9 Å². The van der Waals surface area contributed by atoms with E-state index in [4.69, 9.17) is 0 Å². The monoisotopic (exact) mass is 333 g/mol. The van der Waals surface area contributed by atoms with Crippen LogP contribution < -0.4 is 5.32 Å². The minimum atomic E-state index is -0.0906. The predicted octanol–water partition coefficient (Wildman–Crippen LogP) is 4.37. The molecule has 1 amide bonds. The fraction of sp³-hybridized carbons (Fsp3) is 0.238. The van der Waals surface area contributed by atoms with Crippen LogP contribution in [0.5, 0.6) is 0 Å². The second-order valence-corrected chi connectivity index (χ2v) is 6.24. The second-order valence-electron chi connectivity index (χ2n) is 6.24. The van der Waals surface area contributed by atoms with Crippen LogP contribution in [0.4, 0.5) is 0 Å². The number of para-hydroxylation sites is 1. The first-order valence-corrected chi connectivity index (χ1v) is 8.57. The molecule has 2 aromatic carbocycles. The summed E-state index contributed by atoms with van der Waals surface area (Å²) in [6.07, 6.45) is 2.47. The van der Waals surface area contributed by atoms with Crippen LogP contribution in [0, 0.1) is 13.8 Å². The molecule has 0 saturated carbocycles. The van der Waals surface area contributed by atoms with Crippen molar-refractivity contribution in [2.24, 2.45) is 0 Å². The highest BCUT2D eigenvalue weighted by Gasteiger charge is 2.18. The minimum absolute atomic E-state index is 0.00687. The van der Waals surface area contributed by atoms with E-state index in [0.29, 0.717) is 5.56 Å². The fourth-order valence-electron chi connectivity index (χ4n) is 2.92. The summed E-state index contributed by atoms with van der Waals surface area (Å²) in [6, 6.07) is 18.1. The first-order chi connectivity index (χ1) is 12.1. The lowest BCUT2D eigenvalue weighted by Crippen LogP contribution is -2.28. The summed E-state index contributed by atoms with van der Waals surface area (Å²) < 4.78 is 1.79. The van der Waals surface area contributed by atoms with Crippen LogP contribution in [-0.4, -0.2) is 15.7 Å². The molecular formula is C21H23N3O. The molecule has 0 aliphatic heterocycles. The van der Waals surface area contributed by atoms with Crippen molar-refractivity contribution in [2.45, 2.75) is 33.2 Å². The molecule has 4 heteroatoms. The fourth-order valence-corrected chi connectivity index (χ4v) is 2.92. The molecule has 0 spiro atoms. The molecule has 3 rings (SSSR count). The highest BCUT2D eigenvalue weighted by molar-refractivity contribution is 5.95. The number of benzene rings is 2. The molecule has 1 unspecified atom stereocenters. The number of hydrogen-bond donors (Lipinski definition) is 1. The maximum atomic E-state index is 12.8. The van der Waals surface area contributed by atoms with Crippen molar-refractivity contribution in [3.63, 3.8) is 0 Å². The van der Waals surface area contributed by atoms with Crippen molar-refractivity contribution in [3.05, 3.63) is 83.2 Å². The Bertz CT molecular complexity index is 851. The summed E-state index contributed by atoms with van der Waals surface area (Å²) in [5.74, 6) is -0.0906. The number of carbonyl (C=O) groups excluding carboxylic acids is 1. The predicted molar refractivity (Wildman–Crippen MR) is 100.0 cm³/mol. The standard InChI is InChI=1S/C21H23N3O/c1-4-20(17-12-10-15(2)11-13-17)23-21(25)19-14-22-24(16(19)3)18-8-6-5-7-9-18/h5-14,20H,4H2,1-3H3,(H,23,25). The normalized spacial score (nSPS) is 12.0. The molecule has 0 saturated heterocycles. The SMILES string of the molecule is CCC(NC(=O)c1cnn(-c2ccccc2)c1C)c1ccc(C)cc1. The van der Waals surface area contributed by atoms with Gasteiger partial charge < -0.3 is 5.32 Å². The van der Waals surface area contributed by atoms with Gasteiger partial charge in [0.2, 0.25) is 0 Å². The van der Waals surface area contributed by atoms with Gasteiger partial charge in [-0.05, 0) is 38.0 Å². The van der Waals surface area contributed by atoms with Crippen molar-refractivity contribution in [1.29, 1.82) is 0 Å². The van der Waals surface area contributed by atoms with E-state index in [1.807, 2.05) is 37.3 Å². The Labute approximate surface area is 148 Å². The Kier molecular flexibility index (Phi) is 4.98. The maximum Gasteiger partial charge on any atom is 0.255 e. The van der Waals surface area contributed by atoms with Gasteiger partial charge in [0.15, 0.2) is 0 Å². The first kappa shape index (κ1) is 17.0. The van der Waals surface area contributed by atoms with Gasteiger partial charge in [-0.25, -0.2) is 4.68 Å². The summed E-state index contributed by atoms with van der Waals surface area (Å²) in [5, 5.41) is 7.51. The molecule has 25 heavy (non-hydrogen) atoms. The molecule has 0 aliphatic rings. The van der Waals surface area contributed by atoms with E-state index in [1.54, 1.807) is 10.9 Å². The Morgan fingerprint density at radius 2 is 1.76 bits per heavy atom. The number of nitrogens with zero attached hydrogens (tertiary/aromatic N) is 2. The molecule has 128 valence electrons. The Morgan fingerprint density at radius 3 is 2.40 bits per heavy atom. The molecule has 0 bridgehead atoms. The Balaban J connectivity index is 1.81. The smallest absolute Gasteiger partial charge is 0.255 e. The van der Waals surface area contributed by atoms with Gasteiger partial charge in [0.1, 0.15) is 0 Å². The van der Waals surface area contributed by atoms with Crippen molar-refractivity contribution >= 4 is 5.91 Å². The van der Waals surface area contributed by atoms with Gasteiger partial charge >= 0.3 is 0 Å². The molecule has 3 aromatic rings. The van der Waals surface area contributed by atoms with E-state index in [1.165, 1.54) is 5.56 Å². The van der Waals surface area contributed by atoms with E-state index >= 15 is 0 Å². The maximum absolute atomic E-state index is 12.8. The zero-order chi connectivity index (χ0) is 17.8. The average molecular weight is 333 g/mol. The molecule has 4 nitrogen and oxygen atoms in total. The number of nitrogens with one attached hydrogen (secondary N) is 1. The lowest BCUT2D eigenvalue weighted by Gasteiger charge is -2.17. The molecular weight excluding hydrogens is 310 g/mol. The molecule has 0 radical (unpaired) electrons.